The Morgan fingerprint density at radius 2 is 2.15 bits per heavy atom. The van der Waals surface area contributed by atoms with E-state index in [1.807, 2.05) is 32.7 Å². The molecular weight excluding hydrogens is 276 g/mol. The second-order valence-corrected chi connectivity index (χ2v) is 6.07. The summed E-state index contributed by atoms with van der Waals surface area (Å²) in [4.78, 5) is 2.13. The molecule has 0 amide bonds. The van der Waals surface area contributed by atoms with Crippen LogP contribution in [0.2, 0.25) is 5.02 Å². The Bertz CT molecular complexity index is 417. The predicted molar refractivity (Wildman–Crippen MR) is 83.3 cm³/mol. The van der Waals surface area contributed by atoms with Crippen molar-refractivity contribution in [1.29, 1.82) is 0 Å². The number of rotatable bonds is 8. The van der Waals surface area contributed by atoms with E-state index in [2.05, 4.69) is 29.2 Å². The molecule has 0 aliphatic carbocycles. The highest BCUT2D eigenvalue weighted by atomic mass is 35.5. The zero-order chi connectivity index (χ0) is 15.3. The van der Waals surface area contributed by atoms with E-state index in [1.54, 1.807) is 6.20 Å². The molecule has 0 aliphatic heterocycles. The minimum absolute atomic E-state index is 0.0142. The standard InChI is InChI=1S/C14H27ClN4O/c1-7-20-14(2,3)13(16-4)12-11(15)10-17-19(12)9-8-18(5)6/h10,13,16H,7-9H2,1-6H3. The second kappa shape index (κ2) is 7.41. The maximum atomic E-state index is 6.35. The highest BCUT2D eigenvalue weighted by Gasteiger charge is 2.34. The van der Waals surface area contributed by atoms with Crippen molar-refractivity contribution in [2.75, 3.05) is 34.3 Å². The Balaban J connectivity index is 3.05. The van der Waals surface area contributed by atoms with Crippen molar-refractivity contribution < 1.29 is 4.74 Å². The van der Waals surface area contributed by atoms with E-state index in [-0.39, 0.29) is 11.6 Å². The number of likely N-dealkylation sites (N-methyl/N-ethyl adjacent to an activating group) is 2. The molecule has 20 heavy (non-hydrogen) atoms. The molecule has 0 aliphatic rings. The minimum atomic E-state index is -0.358. The van der Waals surface area contributed by atoms with E-state index in [0.717, 1.165) is 18.8 Å². The molecular formula is C14H27ClN4O. The lowest BCUT2D eigenvalue weighted by atomic mass is 9.95. The SMILES string of the molecule is CCOC(C)(C)C(NC)c1c(Cl)cnn1CCN(C)C. The molecule has 1 atom stereocenters. The summed E-state index contributed by atoms with van der Waals surface area (Å²) in [6.45, 7) is 8.51. The maximum absolute atomic E-state index is 6.35. The number of aromatic nitrogens is 2. The fourth-order valence-electron chi connectivity index (χ4n) is 2.40. The van der Waals surface area contributed by atoms with Gasteiger partial charge in [-0.25, -0.2) is 0 Å². The largest absolute Gasteiger partial charge is 0.374 e. The summed E-state index contributed by atoms with van der Waals surface area (Å²) < 4.78 is 7.83. The van der Waals surface area contributed by atoms with Crippen LogP contribution >= 0.6 is 11.6 Å². The molecule has 0 spiro atoms. The summed E-state index contributed by atoms with van der Waals surface area (Å²) in [5, 5.41) is 8.38. The number of nitrogens with zero attached hydrogens (tertiary/aromatic N) is 3. The van der Waals surface area contributed by atoms with Crippen LogP contribution in [0, 0.1) is 0 Å². The van der Waals surface area contributed by atoms with Crippen molar-refractivity contribution in [3.05, 3.63) is 16.9 Å². The number of halogens is 1. The first kappa shape index (κ1) is 17.4. The van der Waals surface area contributed by atoms with Crippen LogP contribution in [0.5, 0.6) is 0 Å². The van der Waals surface area contributed by atoms with Crippen LogP contribution in [-0.4, -0.2) is 54.6 Å². The lowest BCUT2D eigenvalue weighted by Crippen LogP contribution is -2.41. The molecule has 1 N–H and O–H groups in total. The first-order chi connectivity index (χ1) is 9.33. The third-order valence-electron chi connectivity index (χ3n) is 3.37. The van der Waals surface area contributed by atoms with E-state index < -0.39 is 0 Å². The molecule has 1 unspecified atom stereocenters. The van der Waals surface area contributed by atoms with Gasteiger partial charge in [-0.15, -0.1) is 0 Å². The Morgan fingerprint density at radius 1 is 1.50 bits per heavy atom. The molecule has 1 heterocycles. The van der Waals surface area contributed by atoms with Gasteiger partial charge in [-0.05, 0) is 41.9 Å². The van der Waals surface area contributed by atoms with Crippen molar-refractivity contribution in [2.45, 2.75) is 39.0 Å². The van der Waals surface area contributed by atoms with Gasteiger partial charge in [-0.3, -0.25) is 4.68 Å². The van der Waals surface area contributed by atoms with Gasteiger partial charge in [0.15, 0.2) is 0 Å². The Hall–Kier alpha value is -0.620. The predicted octanol–water partition coefficient (Wildman–Crippen LogP) is 2.17. The number of hydrogen-bond donors (Lipinski definition) is 1. The van der Waals surface area contributed by atoms with Gasteiger partial charge < -0.3 is 15.0 Å². The van der Waals surface area contributed by atoms with E-state index in [9.17, 15) is 0 Å². The summed E-state index contributed by atoms with van der Waals surface area (Å²) in [6.07, 6.45) is 1.71. The number of hydrogen-bond acceptors (Lipinski definition) is 4. The maximum Gasteiger partial charge on any atom is 0.0835 e. The fraction of sp³-hybridized carbons (Fsp3) is 0.786. The lowest BCUT2D eigenvalue weighted by molar-refractivity contribution is -0.0395. The number of ether oxygens (including phenoxy) is 1. The average molecular weight is 303 g/mol. The molecule has 116 valence electrons. The summed E-state index contributed by atoms with van der Waals surface area (Å²) >= 11 is 6.35. The quantitative estimate of drug-likeness (QED) is 0.799. The van der Waals surface area contributed by atoms with E-state index >= 15 is 0 Å². The Labute approximate surface area is 127 Å². The van der Waals surface area contributed by atoms with Crippen LogP contribution in [0.3, 0.4) is 0 Å². The lowest BCUT2D eigenvalue weighted by Gasteiger charge is -2.34. The molecule has 0 radical (unpaired) electrons. The van der Waals surface area contributed by atoms with Crippen LogP contribution in [0.1, 0.15) is 32.5 Å². The molecule has 0 bridgehead atoms. The molecule has 0 saturated heterocycles. The van der Waals surface area contributed by atoms with Crippen LogP contribution < -0.4 is 5.32 Å². The first-order valence-electron chi connectivity index (χ1n) is 7.00. The van der Waals surface area contributed by atoms with Crippen molar-refractivity contribution in [2.24, 2.45) is 0 Å². The number of nitrogens with one attached hydrogen (secondary N) is 1. The molecule has 1 rings (SSSR count). The molecule has 6 heteroatoms. The van der Waals surface area contributed by atoms with E-state index in [0.29, 0.717) is 11.6 Å². The van der Waals surface area contributed by atoms with E-state index in [1.165, 1.54) is 0 Å². The van der Waals surface area contributed by atoms with Crippen LogP contribution in [0.15, 0.2) is 6.20 Å². The van der Waals surface area contributed by atoms with Gasteiger partial charge >= 0.3 is 0 Å². The van der Waals surface area contributed by atoms with Gasteiger partial charge in [0.1, 0.15) is 0 Å². The topological polar surface area (TPSA) is 42.3 Å². The minimum Gasteiger partial charge on any atom is -0.374 e. The van der Waals surface area contributed by atoms with Gasteiger partial charge in [0.05, 0.1) is 35.1 Å². The van der Waals surface area contributed by atoms with Crippen LogP contribution in [-0.2, 0) is 11.3 Å². The zero-order valence-corrected chi connectivity index (χ0v) is 14.2. The highest BCUT2D eigenvalue weighted by molar-refractivity contribution is 6.31. The molecule has 1 aromatic heterocycles. The average Bonchev–Trinajstić information content (AvgIpc) is 2.69. The zero-order valence-electron chi connectivity index (χ0n) is 13.4. The third-order valence-corrected chi connectivity index (χ3v) is 3.66. The van der Waals surface area contributed by atoms with E-state index in [4.69, 9.17) is 16.3 Å². The summed E-state index contributed by atoms with van der Waals surface area (Å²) in [5.41, 5.74) is 0.623. The van der Waals surface area contributed by atoms with Crippen molar-refractivity contribution in [3.63, 3.8) is 0 Å². The van der Waals surface area contributed by atoms with Crippen molar-refractivity contribution >= 4 is 11.6 Å². The van der Waals surface area contributed by atoms with Gasteiger partial charge in [-0.1, -0.05) is 11.6 Å². The van der Waals surface area contributed by atoms with Gasteiger partial charge in [0.2, 0.25) is 0 Å². The first-order valence-corrected chi connectivity index (χ1v) is 7.38. The molecule has 5 nitrogen and oxygen atoms in total. The highest BCUT2D eigenvalue weighted by Crippen LogP contribution is 2.33. The van der Waals surface area contributed by atoms with Crippen LogP contribution in [0.25, 0.3) is 0 Å². The Kier molecular flexibility index (Phi) is 6.45. The second-order valence-electron chi connectivity index (χ2n) is 5.66. The fourth-order valence-corrected chi connectivity index (χ4v) is 2.65. The van der Waals surface area contributed by atoms with Gasteiger partial charge in [0, 0.05) is 13.2 Å². The third kappa shape index (κ3) is 4.19. The summed E-state index contributed by atoms with van der Waals surface area (Å²) in [6, 6.07) is -0.0142. The monoisotopic (exact) mass is 302 g/mol. The van der Waals surface area contributed by atoms with Gasteiger partial charge in [-0.2, -0.15) is 5.10 Å². The Morgan fingerprint density at radius 3 is 2.65 bits per heavy atom. The summed E-state index contributed by atoms with van der Waals surface area (Å²) in [5.74, 6) is 0. The molecule has 0 aromatic carbocycles. The van der Waals surface area contributed by atoms with Crippen LogP contribution in [0.4, 0.5) is 0 Å². The molecule has 0 fully saturated rings. The summed E-state index contributed by atoms with van der Waals surface area (Å²) in [7, 11) is 6.01. The van der Waals surface area contributed by atoms with Crippen molar-refractivity contribution in [1.82, 2.24) is 20.0 Å². The smallest absolute Gasteiger partial charge is 0.0835 e. The molecule has 0 saturated carbocycles. The van der Waals surface area contributed by atoms with Gasteiger partial charge in [0.25, 0.3) is 0 Å². The normalized spacial score (nSPS) is 14.0. The molecule has 1 aromatic rings. The van der Waals surface area contributed by atoms with Crippen molar-refractivity contribution in [3.8, 4) is 0 Å².